The second-order valence-corrected chi connectivity index (χ2v) is 11.3. The number of aliphatic carboxylic acids is 1. The maximum absolute atomic E-state index is 13.1. The van der Waals surface area contributed by atoms with Gasteiger partial charge in [-0.3, -0.25) is 29.4 Å². The molecule has 43 heavy (non-hydrogen) atoms. The number of ether oxygens (including phenoxy) is 1. The van der Waals surface area contributed by atoms with Crippen LogP contribution in [0.5, 0.6) is 0 Å². The maximum Gasteiger partial charge on any atom is 0.325 e. The highest BCUT2D eigenvalue weighted by Crippen LogP contribution is 2.26. The number of aryl methyl sites for hydroxylation is 1. The number of hydrazine groups is 1. The number of amides is 4. The molecule has 0 aromatic heterocycles. The van der Waals surface area contributed by atoms with Gasteiger partial charge in [0.15, 0.2) is 12.2 Å². The van der Waals surface area contributed by atoms with Crippen LogP contribution in [0.25, 0.3) is 0 Å². The van der Waals surface area contributed by atoms with Crippen molar-refractivity contribution >= 4 is 29.6 Å². The largest absolute Gasteiger partial charge is 0.480 e. The Morgan fingerprint density at radius 3 is 2.05 bits per heavy atom. The molecule has 1 saturated heterocycles. The molecule has 0 saturated carbocycles. The second kappa shape index (κ2) is 18.2. The summed E-state index contributed by atoms with van der Waals surface area (Å²) in [4.78, 5) is 65.2. The first-order valence-corrected chi connectivity index (χ1v) is 15.4. The normalized spacial score (nSPS) is 17.1. The van der Waals surface area contributed by atoms with E-state index in [9.17, 15) is 29.1 Å². The molecule has 0 spiro atoms. The average molecular weight is 604 g/mol. The third-order valence-corrected chi connectivity index (χ3v) is 7.21. The Morgan fingerprint density at radius 2 is 1.49 bits per heavy atom. The van der Waals surface area contributed by atoms with Crippen LogP contribution in [0.1, 0.15) is 72.3 Å². The van der Waals surface area contributed by atoms with Crippen molar-refractivity contribution in [3.05, 3.63) is 35.9 Å². The lowest BCUT2D eigenvalue weighted by Crippen LogP contribution is -2.58. The molecule has 1 aliphatic heterocycles. The predicted octanol–water partition coefficient (Wildman–Crippen LogP) is 1.88. The molecule has 1 aliphatic rings. The summed E-state index contributed by atoms with van der Waals surface area (Å²) in [5, 5.41) is 15.9. The maximum atomic E-state index is 13.1. The summed E-state index contributed by atoms with van der Waals surface area (Å²) in [5.41, 5.74) is 3.50. The number of benzene rings is 1. The number of nitrogens with zero attached hydrogens (tertiary/aromatic N) is 2. The van der Waals surface area contributed by atoms with E-state index in [1.807, 2.05) is 45.9 Å². The van der Waals surface area contributed by atoms with E-state index in [1.54, 1.807) is 4.90 Å². The molecule has 240 valence electrons. The number of nitrogens with one attached hydrogen (secondary N) is 3. The van der Waals surface area contributed by atoms with Gasteiger partial charge < -0.3 is 25.4 Å². The minimum Gasteiger partial charge on any atom is -0.480 e. The Kier molecular flexibility index (Phi) is 15.1. The zero-order valence-electron chi connectivity index (χ0n) is 26.1. The van der Waals surface area contributed by atoms with Crippen LogP contribution in [0.4, 0.5) is 0 Å². The summed E-state index contributed by atoms with van der Waals surface area (Å²) in [6.07, 6.45) is 2.90. The van der Waals surface area contributed by atoms with Crippen molar-refractivity contribution in [2.75, 3.05) is 26.2 Å². The number of carboxylic acids is 1. The minimum atomic E-state index is -1.36. The number of rotatable bonds is 19. The van der Waals surface area contributed by atoms with E-state index < -0.39 is 48.6 Å². The molecule has 0 aliphatic carbocycles. The molecular weight excluding hydrogens is 554 g/mol. The number of unbranched alkanes of at least 4 members (excludes halogenated alkanes) is 2. The topological polar surface area (TPSA) is 161 Å². The smallest absolute Gasteiger partial charge is 0.325 e. The number of carbonyl (C=O) groups is 5. The molecule has 4 N–H and O–H groups in total. The summed E-state index contributed by atoms with van der Waals surface area (Å²) in [7, 11) is 0. The first kappa shape index (κ1) is 35.7. The number of hydrogen-bond donors (Lipinski definition) is 4. The van der Waals surface area contributed by atoms with Gasteiger partial charge in [0.05, 0.1) is 6.04 Å². The first-order chi connectivity index (χ1) is 20.5. The zero-order valence-corrected chi connectivity index (χ0v) is 26.1. The first-order valence-electron chi connectivity index (χ1n) is 15.4. The predicted molar refractivity (Wildman–Crippen MR) is 162 cm³/mol. The van der Waals surface area contributed by atoms with Crippen molar-refractivity contribution in [1.29, 1.82) is 0 Å². The van der Waals surface area contributed by atoms with Crippen molar-refractivity contribution in [3.8, 4) is 0 Å². The van der Waals surface area contributed by atoms with Gasteiger partial charge in [-0.15, -0.1) is 0 Å². The molecule has 1 heterocycles. The van der Waals surface area contributed by atoms with E-state index >= 15 is 0 Å². The zero-order chi connectivity index (χ0) is 31.9. The van der Waals surface area contributed by atoms with Crippen LogP contribution >= 0.6 is 0 Å². The van der Waals surface area contributed by atoms with Crippen LogP contribution in [0.2, 0.25) is 0 Å². The molecule has 2 unspecified atom stereocenters. The highest BCUT2D eigenvalue weighted by Gasteiger charge is 2.53. The SMILES string of the molecule is CCCCN(CCCC)C(=O)[C@H]1O[C@@H]1C(=O)N(CC(=O)O)NC(=O)C(C)NC(=O)C(NCCCc1ccccc1)C(C)C. The fraction of sp³-hybridized carbons (Fsp3) is 0.645. The van der Waals surface area contributed by atoms with Crippen molar-refractivity contribution in [2.24, 2.45) is 5.92 Å². The highest BCUT2D eigenvalue weighted by molar-refractivity contribution is 5.97. The lowest BCUT2D eigenvalue weighted by atomic mass is 10.0. The van der Waals surface area contributed by atoms with Gasteiger partial charge in [-0.05, 0) is 50.6 Å². The van der Waals surface area contributed by atoms with Gasteiger partial charge in [-0.25, -0.2) is 5.01 Å². The average Bonchev–Trinajstić information content (AvgIpc) is 3.77. The van der Waals surface area contributed by atoms with E-state index in [4.69, 9.17) is 4.74 Å². The molecule has 2 rings (SSSR count). The fourth-order valence-corrected chi connectivity index (χ4v) is 4.58. The van der Waals surface area contributed by atoms with Gasteiger partial charge in [0.2, 0.25) is 5.91 Å². The summed E-state index contributed by atoms with van der Waals surface area (Å²) in [5.74, 6) is -3.74. The van der Waals surface area contributed by atoms with Gasteiger partial charge >= 0.3 is 5.97 Å². The molecule has 12 heteroatoms. The summed E-state index contributed by atoms with van der Waals surface area (Å²) >= 11 is 0. The summed E-state index contributed by atoms with van der Waals surface area (Å²) in [6, 6.07) is 8.40. The number of carboxylic acid groups (broad SMARTS) is 1. The monoisotopic (exact) mass is 603 g/mol. The second-order valence-electron chi connectivity index (χ2n) is 11.3. The Bertz CT molecular complexity index is 1060. The fourth-order valence-electron chi connectivity index (χ4n) is 4.58. The van der Waals surface area contributed by atoms with Crippen LogP contribution < -0.4 is 16.1 Å². The van der Waals surface area contributed by atoms with E-state index in [2.05, 4.69) is 28.2 Å². The van der Waals surface area contributed by atoms with Crippen LogP contribution in [-0.2, 0) is 35.1 Å². The summed E-state index contributed by atoms with van der Waals surface area (Å²) in [6.45, 7) is 10.1. The van der Waals surface area contributed by atoms with Crippen LogP contribution in [-0.4, -0.2) is 95.1 Å². The number of epoxide rings is 1. The van der Waals surface area contributed by atoms with Gasteiger partial charge in [-0.2, -0.15) is 0 Å². The molecule has 1 aromatic carbocycles. The van der Waals surface area contributed by atoms with Gasteiger partial charge in [0, 0.05) is 13.1 Å². The number of carbonyl (C=O) groups excluding carboxylic acids is 4. The molecule has 4 amide bonds. The Morgan fingerprint density at radius 1 is 0.884 bits per heavy atom. The molecule has 4 atom stereocenters. The third kappa shape index (κ3) is 11.9. The third-order valence-electron chi connectivity index (χ3n) is 7.21. The quantitative estimate of drug-likeness (QED) is 0.106. The molecule has 0 bridgehead atoms. The van der Waals surface area contributed by atoms with Crippen molar-refractivity contribution < 1.29 is 33.8 Å². The van der Waals surface area contributed by atoms with E-state index in [-0.39, 0.29) is 17.7 Å². The van der Waals surface area contributed by atoms with Crippen LogP contribution in [0.15, 0.2) is 30.3 Å². The van der Waals surface area contributed by atoms with Crippen molar-refractivity contribution in [3.63, 3.8) is 0 Å². The molecule has 1 aromatic rings. The Hall–Kier alpha value is -3.51. The lowest BCUT2D eigenvalue weighted by molar-refractivity contribution is -0.151. The molecular formula is C31H49N5O7. The van der Waals surface area contributed by atoms with Crippen LogP contribution in [0, 0.1) is 5.92 Å². The van der Waals surface area contributed by atoms with Crippen LogP contribution in [0.3, 0.4) is 0 Å². The van der Waals surface area contributed by atoms with Gasteiger partial charge in [0.1, 0.15) is 12.6 Å². The summed E-state index contributed by atoms with van der Waals surface area (Å²) < 4.78 is 5.38. The van der Waals surface area contributed by atoms with E-state index in [0.29, 0.717) is 24.6 Å². The van der Waals surface area contributed by atoms with E-state index in [1.165, 1.54) is 12.5 Å². The molecule has 0 radical (unpaired) electrons. The van der Waals surface area contributed by atoms with Crippen molar-refractivity contribution in [1.82, 2.24) is 26.0 Å². The Labute approximate surface area is 254 Å². The number of hydrogen-bond acceptors (Lipinski definition) is 7. The van der Waals surface area contributed by atoms with Gasteiger partial charge in [0.25, 0.3) is 17.7 Å². The van der Waals surface area contributed by atoms with E-state index in [0.717, 1.165) is 38.5 Å². The van der Waals surface area contributed by atoms with Crippen molar-refractivity contribution in [2.45, 2.75) is 97.4 Å². The Balaban J connectivity index is 1.94. The minimum absolute atomic E-state index is 0.0622. The highest BCUT2D eigenvalue weighted by atomic mass is 16.6. The van der Waals surface area contributed by atoms with Gasteiger partial charge in [-0.1, -0.05) is 70.9 Å². The molecule has 1 fully saturated rings. The molecule has 12 nitrogen and oxygen atoms in total. The standard InChI is InChI=1S/C31H49N5O7/c1-6-8-18-35(19-9-7-2)30(41)26-27(43-26)31(42)36(20-24(37)38)34-28(39)22(5)33-29(40)25(21(3)4)32-17-13-16-23-14-11-10-12-15-23/h10-12,14-15,21-22,25-27,32H,6-9,13,16-20H2,1-5H3,(H,33,40)(H,34,39)(H,37,38)/t22?,25?,26-,27-/m0/s1. The lowest BCUT2D eigenvalue weighted by Gasteiger charge is -2.26.